The Morgan fingerprint density at radius 2 is 2.04 bits per heavy atom. The monoisotopic (exact) mass is 366 g/mol. The molecule has 1 aliphatic rings. The van der Waals surface area contributed by atoms with Gasteiger partial charge in [0.15, 0.2) is 0 Å². The third-order valence-corrected chi connectivity index (χ3v) is 5.73. The molecule has 1 aromatic carbocycles. The molecule has 1 aliphatic heterocycles. The molecule has 0 saturated heterocycles. The van der Waals surface area contributed by atoms with E-state index in [0.717, 1.165) is 55.8 Å². The van der Waals surface area contributed by atoms with Crippen molar-refractivity contribution in [3.8, 4) is 0 Å². The van der Waals surface area contributed by atoms with Crippen molar-refractivity contribution in [1.82, 2.24) is 19.7 Å². The summed E-state index contributed by atoms with van der Waals surface area (Å²) in [4.78, 5) is 19.0. The van der Waals surface area contributed by atoms with E-state index in [-0.39, 0.29) is 5.56 Å². The van der Waals surface area contributed by atoms with Crippen LogP contribution in [0, 0.1) is 0 Å². The van der Waals surface area contributed by atoms with Gasteiger partial charge < -0.3 is 0 Å². The highest BCUT2D eigenvalue weighted by atomic mass is 32.1. The highest BCUT2D eigenvalue weighted by Crippen LogP contribution is 2.19. The van der Waals surface area contributed by atoms with E-state index in [1.54, 1.807) is 24.5 Å². The summed E-state index contributed by atoms with van der Waals surface area (Å²) >= 11 is 1.74. The molecule has 6 heteroatoms. The molecule has 0 saturated carbocycles. The summed E-state index contributed by atoms with van der Waals surface area (Å²) < 4.78 is 1.42. The lowest BCUT2D eigenvalue weighted by Gasteiger charge is -2.27. The number of benzene rings is 1. The summed E-state index contributed by atoms with van der Waals surface area (Å²) in [5.41, 5.74) is 4.54. The van der Waals surface area contributed by atoms with Crippen LogP contribution in [0.2, 0.25) is 0 Å². The molecule has 4 rings (SSSR count). The van der Waals surface area contributed by atoms with Crippen molar-refractivity contribution in [2.75, 3.05) is 6.54 Å². The van der Waals surface area contributed by atoms with Crippen LogP contribution in [0.4, 0.5) is 0 Å². The van der Waals surface area contributed by atoms with E-state index in [0.29, 0.717) is 0 Å². The Bertz CT molecular complexity index is 948. The van der Waals surface area contributed by atoms with Crippen molar-refractivity contribution >= 4 is 11.3 Å². The third-order valence-electron chi connectivity index (χ3n) is 4.77. The largest absolute Gasteiger partial charge is 0.293 e. The molecule has 0 radical (unpaired) electrons. The zero-order valence-corrected chi connectivity index (χ0v) is 15.7. The minimum atomic E-state index is -0.0394. The van der Waals surface area contributed by atoms with Crippen LogP contribution in [0.3, 0.4) is 0 Å². The van der Waals surface area contributed by atoms with Gasteiger partial charge in [0, 0.05) is 51.0 Å². The van der Waals surface area contributed by atoms with Crippen LogP contribution in [0.25, 0.3) is 0 Å². The molecule has 0 bridgehead atoms. The zero-order chi connectivity index (χ0) is 17.9. The number of fused-ring (bicyclic) bond motifs is 1. The molecule has 0 amide bonds. The van der Waals surface area contributed by atoms with E-state index in [2.05, 4.69) is 39.6 Å². The van der Waals surface area contributed by atoms with Crippen LogP contribution in [0.15, 0.2) is 46.6 Å². The number of aryl methyl sites for hydroxylation is 3. The quantitative estimate of drug-likeness (QED) is 0.696. The Morgan fingerprint density at radius 3 is 2.88 bits per heavy atom. The average molecular weight is 366 g/mol. The Labute approximate surface area is 156 Å². The number of rotatable bonds is 5. The SMILES string of the molecule is Cn1nc2c(cc1=O)CN(Cc1csc(CCc3ccccc3)n1)CC2. The van der Waals surface area contributed by atoms with Crippen LogP contribution >= 0.6 is 11.3 Å². The fourth-order valence-electron chi connectivity index (χ4n) is 3.35. The highest BCUT2D eigenvalue weighted by Gasteiger charge is 2.19. The van der Waals surface area contributed by atoms with Gasteiger partial charge in [-0.1, -0.05) is 30.3 Å². The molecule has 0 spiro atoms. The van der Waals surface area contributed by atoms with Crippen LogP contribution in [-0.2, 0) is 39.4 Å². The van der Waals surface area contributed by atoms with E-state index in [9.17, 15) is 4.79 Å². The van der Waals surface area contributed by atoms with Gasteiger partial charge in [-0.3, -0.25) is 9.69 Å². The van der Waals surface area contributed by atoms with E-state index in [1.165, 1.54) is 15.3 Å². The lowest BCUT2D eigenvalue weighted by Crippen LogP contribution is -2.34. The zero-order valence-electron chi connectivity index (χ0n) is 14.9. The van der Waals surface area contributed by atoms with Gasteiger partial charge in [-0.25, -0.2) is 9.67 Å². The molecule has 134 valence electrons. The van der Waals surface area contributed by atoms with Crippen molar-refractivity contribution in [2.24, 2.45) is 7.05 Å². The van der Waals surface area contributed by atoms with Crippen LogP contribution < -0.4 is 5.56 Å². The number of aromatic nitrogens is 3. The highest BCUT2D eigenvalue weighted by molar-refractivity contribution is 7.09. The lowest BCUT2D eigenvalue weighted by atomic mass is 10.1. The van der Waals surface area contributed by atoms with E-state index < -0.39 is 0 Å². The fourth-order valence-corrected chi connectivity index (χ4v) is 4.14. The maximum atomic E-state index is 11.8. The van der Waals surface area contributed by atoms with E-state index in [1.807, 2.05) is 6.07 Å². The molecule has 0 N–H and O–H groups in total. The van der Waals surface area contributed by atoms with Gasteiger partial charge in [-0.05, 0) is 17.5 Å². The summed E-state index contributed by atoms with van der Waals surface area (Å²) in [7, 11) is 1.71. The predicted octanol–water partition coefficient (Wildman–Crippen LogP) is 2.58. The van der Waals surface area contributed by atoms with Crippen LogP contribution in [0.5, 0.6) is 0 Å². The second-order valence-electron chi connectivity index (χ2n) is 6.76. The van der Waals surface area contributed by atoms with Gasteiger partial charge in [-0.15, -0.1) is 11.3 Å². The molecule has 3 aromatic rings. The minimum Gasteiger partial charge on any atom is -0.293 e. The van der Waals surface area contributed by atoms with Crippen molar-refractivity contribution in [2.45, 2.75) is 32.4 Å². The molecule has 0 atom stereocenters. The van der Waals surface area contributed by atoms with Crippen LogP contribution in [0.1, 0.15) is 27.5 Å². The second kappa shape index (κ2) is 7.51. The van der Waals surface area contributed by atoms with Gasteiger partial charge in [0.25, 0.3) is 5.56 Å². The molecular weight excluding hydrogens is 344 g/mol. The van der Waals surface area contributed by atoms with Gasteiger partial charge in [0.1, 0.15) is 0 Å². The minimum absolute atomic E-state index is 0.0394. The molecular formula is C20H22N4OS. The summed E-state index contributed by atoms with van der Waals surface area (Å²) in [5, 5.41) is 7.73. The standard InChI is InChI=1S/C20H22N4OS/c1-23-20(25)11-16-12-24(10-9-18(16)22-23)13-17-14-26-19(21-17)8-7-15-5-3-2-4-6-15/h2-6,11,14H,7-10,12-13H2,1H3. The summed E-state index contributed by atoms with van der Waals surface area (Å²) in [6.45, 7) is 2.56. The molecule has 0 fully saturated rings. The normalized spacial score (nSPS) is 14.3. The first kappa shape index (κ1) is 17.1. The lowest BCUT2D eigenvalue weighted by molar-refractivity contribution is 0.239. The number of thiazole rings is 1. The van der Waals surface area contributed by atoms with Gasteiger partial charge >= 0.3 is 0 Å². The van der Waals surface area contributed by atoms with Crippen molar-refractivity contribution in [3.63, 3.8) is 0 Å². The predicted molar refractivity (Wildman–Crippen MR) is 103 cm³/mol. The Hall–Kier alpha value is -2.31. The topological polar surface area (TPSA) is 51.0 Å². The van der Waals surface area contributed by atoms with Gasteiger partial charge in [0.05, 0.1) is 16.4 Å². The molecule has 0 aliphatic carbocycles. The second-order valence-corrected chi connectivity index (χ2v) is 7.70. The first-order chi connectivity index (χ1) is 12.7. The van der Waals surface area contributed by atoms with Gasteiger partial charge in [0.2, 0.25) is 0 Å². The van der Waals surface area contributed by atoms with Crippen molar-refractivity contribution < 1.29 is 0 Å². The molecule has 3 heterocycles. The van der Waals surface area contributed by atoms with Crippen LogP contribution in [-0.4, -0.2) is 26.2 Å². The summed E-state index contributed by atoms with van der Waals surface area (Å²) in [6, 6.07) is 12.3. The summed E-state index contributed by atoms with van der Waals surface area (Å²) in [6.07, 6.45) is 2.89. The molecule has 2 aromatic heterocycles. The number of nitrogens with zero attached hydrogens (tertiary/aromatic N) is 4. The van der Waals surface area contributed by atoms with E-state index in [4.69, 9.17) is 4.98 Å². The number of hydrogen-bond acceptors (Lipinski definition) is 5. The Morgan fingerprint density at radius 1 is 1.19 bits per heavy atom. The molecule has 0 unspecified atom stereocenters. The maximum Gasteiger partial charge on any atom is 0.266 e. The maximum absolute atomic E-state index is 11.8. The molecule has 26 heavy (non-hydrogen) atoms. The summed E-state index contributed by atoms with van der Waals surface area (Å²) in [5.74, 6) is 0. The van der Waals surface area contributed by atoms with Crippen molar-refractivity contribution in [1.29, 1.82) is 0 Å². The average Bonchev–Trinajstić information content (AvgIpc) is 3.09. The van der Waals surface area contributed by atoms with E-state index >= 15 is 0 Å². The third kappa shape index (κ3) is 3.92. The smallest absolute Gasteiger partial charge is 0.266 e. The fraction of sp³-hybridized carbons (Fsp3) is 0.350. The first-order valence-electron chi connectivity index (χ1n) is 8.93. The number of hydrogen-bond donors (Lipinski definition) is 0. The van der Waals surface area contributed by atoms with Gasteiger partial charge in [-0.2, -0.15) is 5.10 Å². The molecule has 5 nitrogen and oxygen atoms in total. The first-order valence-corrected chi connectivity index (χ1v) is 9.81. The van der Waals surface area contributed by atoms with Crippen molar-refractivity contribution in [3.05, 3.63) is 79.7 Å². The Balaban J connectivity index is 1.37. The Kier molecular flexibility index (Phi) is 4.95.